The molecule has 2 heterocycles. The number of furan rings is 1. The van der Waals surface area contributed by atoms with E-state index in [1.165, 1.54) is 0 Å². The monoisotopic (exact) mass is 318 g/mol. The highest BCUT2D eigenvalue weighted by molar-refractivity contribution is 6.09. The minimum absolute atomic E-state index is 0.164. The van der Waals surface area contributed by atoms with Crippen molar-refractivity contribution in [2.24, 2.45) is 0 Å². The summed E-state index contributed by atoms with van der Waals surface area (Å²) < 4.78 is 18.6. The van der Waals surface area contributed by atoms with Crippen LogP contribution >= 0.6 is 0 Å². The fourth-order valence-electron chi connectivity index (χ4n) is 3.04. The van der Waals surface area contributed by atoms with Gasteiger partial charge in [-0.2, -0.15) is 5.26 Å². The number of nitrogens with zero attached hydrogens (tertiary/aromatic N) is 2. The summed E-state index contributed by atoms with van der Waals surface area (Å²) in [7, 11) is 3.16. The second-order valence-electron chi connectivity index (χ2n) is 5.31. The minimum Gasteiger partial charge on any atom is -0.497 e. The van der Waals surface area contributed by atoms with E-state index in [0.29, 0.717) is 11.3 Å². The summed E-state index contributed by atoms with van der Waals surface area (Å²) in [6.45, 7) is 0. The van der Waals surface area contributed by atoms with E-state index in [2.05, 4.69) is 6.07 Å². The zero-order valence-corrected chi connectivity index (χ0v) is 13.2. The van der Waals surface area contributed by atoms with Crippen LogP contribution in [0.25, 0.3) is 27.7 Å². The summed E-state index contributed by atoms with van der Waals surface area (Å²) in [5.41, 5.74) is 3.27. The molecule has 0 bridgehead atoms. The lowest BCUT2D eigenvalue weighted by atomic mass is 10.2. The van der Waals surface area contributed by atoms with E-state index in [9.17, 15) is 5.26 Å². The number of rotatable bonds is 3. The maximum atomic E-state index is 9.35. The molecule has 0 spiro atoms. The van der Waals surface area contributed by atoms with E-state index >= 15 is 0 Å². The Bertz CT molecular complexity index is 1080. The second-order valence-corrected chi connectivity index (χ2v) is 5.31. The van der Waals surface area contributed by atoms with Crippen LogP contribution in [0.2, 0.25) is 0 Å². The second kappa shape index (κ2) is 5.36. The van der Waals surface area contributed by atoms with Crippen LogP contribution in [0.1, 0.15) is 5.76 Å². The Morgan fingerprint density at radius 2 is 1.83 bits per heavy atom. The molecule has 24 heavy (non-hydrogen) atoms. The van der Waals surface area contributed by atoms with Gasteiger partial charge < -0.3 is 18.5 Å². The van der Waals surface area contributed by atoms with Gasteiger partial charge in [0.1, 0.15) is 17.3 Å². The SMILES string of the molecule is COc1ccc2c(c1)c1oc(C#N)c(OC)c1n2-c1ccccc1. The summed E-state index contributed by atoms with van der Waals surface area (Å²) in [6.07, 6.45) is 0. The van der Waals surface area contributed by atoms with E-state index in [1.807, 2.05) is 53.1 Å². The van der Waals surface area contributed by atoms with Crippen LogP contribution in [-0.4, -0.2) is 18.8 Å². The average molecular weight is 318 g/mol. The lowest BCUT2D eigenvalue weighted by molar-refractivity contribution is 0.406. The molecule has 0 radical (unpaired) electrons. The first-order valence-electron chi connectivity index (χ1n) is 7.43. The van der Waals surface area contributed by atoms with Crippen molar-refractivity contribution < 1.29 is 13.9 Å². The summed E-state index contributed by atoms with van der Waals surface area (Å²) in [5, 5.41) is 10.2. The molecule has 0 saturated carbocycles. The topological polar surface area (TPSA) is 60.3 Å². The van der Waals surface area contributed by atoms with E-state index in [0.717, 1.165) is 27.9 Å². The van der Waals surface area contributed by atoms with Crippen molar-refractivity contribution in [3.8, 4) is 23.3 Å². The third kappa shape index (κ3) is 1.87. The zero-order chi connectivity index (χ0) is 16.7. The predicted octanol–water partition coefficient (Wildman–Crippen LogP) is 4.27. The van der Waals surface area contributed by atoms with Crippen molar-refractivity contribution in [3.63, 3.8) is 0 Å². The number of methoxy groups -OCH3 is 2. The van der Waals surface area contributed by atoms with Crippen molar-refractivity contribution in [1.29, 1.82) is 5.26 Å². The van der Waals surface area contributed by atoms with Gasteiger partial charge in [0, 0.05) is 11.1 Å². The summed E-state index contributed by atoms with van der Waals surface area (Å²) in [5.74, 6) is 1.33. The van der Waals surface area contributed by atoms with Crippen LogP contribution < -0.4 is 9.47 Å². The molecule has 2 aromatic heterocycles. The maximum Gasteiger partial charge on any atom is 0.248 e. The summed E-state index contributed by atoms with van der Waals surface area (Å²) >= 11 is 0. The Morgan fingerprint density at radius 1 is 1.04 bits per heavy atom. The van der Waals surface area contributed by atoms with E-state index < -0.39 is 0 Å². The van der Waals surface area contributed by atoms with Crippen molar-refractivity contribution >= 4 is 22.0 Å². The first kappa shape index (κ1) is 14.2. The third-order valence-corrected chi connectivity index (χ3v) is 4.07. The largest absolute Gasteiger partial charge is 0.497 e. The van der Waals surface area contributed by atoms with Gasteiger partial charge in [-0.1, -0.05) is 18.2 Å². The fourth-order valence-corrected chi connectivity index (χ4v) is 3.04. The van der Waals surface area contributed by atoms with Crippen LogP contribution in [0.4, 0.5) is 0 Å². The highest BCUT2D eigenvalue weighted by atomic mass is 16.5. The van der Waals surface area contributed by atoms with Gasteiger partial charge in [-0.15, -0.1) is 0 Å². The van der Waals surface area contributed by atoms with Gasteiger partial charge in [0.15, 0.2) is 5.58 Å². The Morgan fingerprint density at radius 3 is 2.50 bits per heavy atom. The van der Waals surface area contributed by atoms with Crippen LogP contribution in [0.15, 0.2) is 52.9 Å². The molecule has 0 aliphatic rings. The average Bonchev–Trinajstić information content (AvgIpc) is 3.15. The molecule has 0 fully saturated rings. The Kier molecular flexibility index (Phi) is 3.17. The van der Waals surface area contributed by atoms with Gasteiger partial charge >= 0.3 is 0 Å². The van der Waals surface area contributed by atoms with Crippen molar-refractivity contribution in [2.75, 3.05) is 14.2 Å². The minimum atomic E-state index is 0.164. The molecule has 4 aromatic rings. The molecule has 0 saturated heterocycles. The molecule has 5 nitrogen and oxygen atoms in total. The molecule has 118 valence electrons. The molecule has 0 amide bonds. The van der Waals surface area contributed by atoms with Crippen molar-refractivity contribution in [2.45, 2.75) is 0 Å². The van der Waals surface area contributed by atoms with Crippen LogP contribution in [0.3, 0.4) is 0 Å². The molecule has 0 atom stereocenters. The number of fused-ring (bicyclic) bond motifs is 3. The van der Waals surface area contributed by atoms with Crippen LogP contribution in [0.5, 0.6) is 11.5 Å². The number of nitriles is 1. The first-order chi connectivity index (χ1) is 11.8. The molecule has 0 N–H and O–H groups in total. The molecule has 0 aliphatic carbocycles. The Labute approximate surface area is 138 Å². The first-order valence-corrected chi connectivity index (χ1v) is 7.43. The number of ether oxygens (including phenoxy) is 2. The number of hydrogen-bond acceptors (Lipinski definition) is 4. The van der Waals surface area contributed by atoms with Gasteiger partial charge in [-0.05, 0) is 30.3 Å². The molecule has 4 rings (SSSR count). The fraction of sp³-hybridized carbons (Fsp3) is 0.105. The van der Waals surface area contributed by atoms with Gasteiger partial charge in [0.2, 0.25) is 11.5 Å². The predicted molar refractivity (Wildman–Crippen MR) is 90.9 cm³/mol. The van der Waals surface area contributed by atoms with Gasteiger partial charge in [0.25, 0.3) is 0 Å². The quantitative estimate of drug-likeness (QED) is 0.566. The van der Waals surface area contributed by atoms with E-state index in [4.69, 9.17) is 13.9 Å². The van der Waals surface area contributed by atoms with E-state index in [-0.39, 0.29) is 5.76 Å². The maximum absolute atomic E-state index is 9.35. The van der Waals surface area contributed by atoms with Gasteiger partial charge in [0.05, 0.1) is 19.7 Å². The van der Waals surface area contributed by atoms with E-state index in [1.54, 1.807) is 14.2 Å². The van der Waals surface area contributed by atoms with Crippen LogP contribution in [-0.2, 0) is 0 Å². The number of benzene rings is 2. The lowest BCUT2D eigenvalue weighted by Crippen LogP contribution is -1.95. The molecule has 0 unspecified atom stereocenters. The highest BCUT2D eigenvalue weighted by Crippen LogP contribution is 2.42. The number of aromatic nitrogens is 1. The number of para-hydroxylation sites is 1. The number of hydrogen-bond donors (Lipinski definition) is 0. The van der Waals surface area contributed by atoms with Gasteiger partial charge in [-0.25, -0.2) is 0 Å². The smallest absolute Gasteiger partial charge is 0.248 e. The molecule has 2 aromatic carbocycles. The lowest BCUT2D eigenvalue weighted by Gasteiger charge is -2.08. The van der Waals surface area contributed by atoms with Gasteiger partial charge in [-0.3, -0.25) is 0 Å². The Hall–Kier alpha value is -3.39. The van der Waals surface area contributed by atoms with Crippen LogP contribution in [0, 0.1) is 11.3 Å². The molecular weight excluding hydrogens is 304 g/mol. The zero-order valence-electron chi connectivity index (χ0n) is 13.2. The highest BCUT2D eigenvalue weighted by Gasteiger charge is 2.24. The standard InChI is InChI=1S/C19H14N2O3/c1-22-13-8-9-15-14(10-13)18-17(19(23-2)16(11-20)24-18)21(15)12-6-4-3-5-7-12/h3-10H,1-2H3. The molecule has 0 aliphatic heterocycles. The molecular formula is C19H14N2O3. The summed E-state index contributed by atoms with van der Waals surface area (Å²) in [4.78, 5) is 0. The Balaban J connectivity index is 2.22. The normalized spacial score (nSPS) is 10.9. The van der Waals surface area contributed by atoms with Crippen molar-refractivity contribution in [3.05, 3.63) is 54.3 Å². The summed E-state index contributed by atoms with van der Waals surface area (Å²) in [6, 6.07) is 17.7. The molecule has 5 heteroatoms. The van der Waals surface area contributed by atoms with Crippen molar-refractivity contribution in [1.82, 2.24) is 4.57 Å². The third-order valence-electron chi connectivity index (χ3n) is 4.07.